The average molecular weight is 312 g/mol. The van der Waals surface area contributed by atoms with E-state index in [4.69, 9.17) is 4.74 Å². The van der Waals surface area contributed by atoms with Crippen LogP contribution in [-0.4, -0.2) is 13.2 Å². The number of hydrogen-bond acceptors (Lipinski definition) is 2. The van der Waals surface area contributed by atoms with Gasteiger partial charge in [-0.05, 0) is 59.3 Å². The molecule has 1 aromatic carbocycles. The Hall–Kier alpha value is -0.540. The molecular formula is C15H22BrNO. The molecule has 1 aliphatic carbocycles. The third-order valence-electron chi connectivity index (χ3n) is 3.95. The predicted octanol–water partition coefficient (Wildman–Crippen LogP) is 4.13. The molecule has 0 bridgehead atoms. The molecule has 1 fully saturated rings. The third kappa shape index (κ3) is 3.48. The highest BCUT2D eigenvalue weighted by molar-refractivity contribution is 9.10. The van der Waals surface area contributed by atoms with E-state index in [1.54, 1.807) is 7.11 Å². The lowest BCUT2D eigenvalue weighted by molar-refractivity contribution is 0.380. The van der Waals surface area contributed by atoms with Crippen molar-refractivity contribution in [3.05, 3.63) is 28.2 Å². The van der Waals surface area contributed by atoms with E-state index in [-0.39, 0.29) is 0 Å². The zero-order valence-corrected chi connectivity index (χ0v) is 12.8. The largest absolute Gasteiger partial charge is 0.496 e. The van der Waals surface area contributed by atoms with Crippen LogP contribution in [-0.2, 0) is 6.54 Å². The van der Waals surface area contributed by atoms with Crippen LogP contribution in [0.3, 0.4) is 0 Å². The molecule has 0 radical (unpaired) electrons. The van der Waals surface area contributed by atoms with Crippen molar-refractivity contribution in [1.82, 2.24) is 5.32 Å². The maximum Gasteiger partial charge on any atom is 0.133 e. The van der Waals surface area contributed by atoms with Crippen molar-refractivity contribution in [3.63, 3.8) is 0 Å². The summed E-state index contributed by atoms with van der Waals surface area (Å²) in [5.41, 5.74) is 1.30. The molecule has 3 heteroatoms. The van der Waals surface area contributed by atoms with Gasteiger partial charge in [0, 0.05) is 12.6 Å². The Morgan fingerprint density at radius 1 is 1.39 bits per heavy atom. The van der Waals surface area contributed by atoms with E-state index in [0.29, 0.717) is 6.04 Å². The zero-order chi connectivity index (χ0) is 13.0. The van der Waals surface area contributed by atoms with Gasteiger partial charge in [-0.2, -0.15) is 0 Å². The molecule has 1 aromatic rings. The summed E-state index contributed by atoms with van der Waals surface area (Å²) in [6.07, 6.45) is 5.59. The highest BCUT2D eigenvalue weighted by atomic mass is 79.9. The summed E-state index contributed by atoms with van der Waals surface area (Å²) in [6.45, 7) is 3.24. The monoisotopic (exact) mass is 311 g/mol. The molecule has 18 heavy (non-hydrogen) atoms. The van der Waals surface area contributed by atoms with E-state index >= 15 is 0 Å². The first kappa shape index (κ1) is 13.9. The van der Waals surface area contributed by atoms with Crippen molar-refractivity contribution in [2.75, 3.05) is 7.11 Å². The lowest BCUT2D eigenvalue weighted by Crippen LogP contribution is -2.31. The number of hydrogen-bond donors (Lipinski definition) is 1. The Morgan fingerprint density at radius 2 is 2.11 bits per heavy atom. The number of halogens is 1. The molecule has 1 saturated carbocycles. The standard InChI is InChI=1S/C15H22BrNO/c1-11(13-5-3-4-6-13)17-10-12-7-8-15(18-2)14(16)9-12/h7-9,11,13,17H,3-6,10H2,1-2H3. The van der Waals surface area contributed by atoms with E-state index in [1.807, 2.05) is 6.07 Å². The molecule has 0 aliphatic heterocycles. The van der Waals surface area contributed by atoms with Crippen LogP contribution in [0.1, 0.15) is 38.2 Å². The van der Waals surface area contributed by atoms with Crippen molar-refractivity contribution < 1.29 is 4.74 Å². The Bertz CT molecular complexity index is 388. The molecule has 0 aromatic heterocycles. The van der Waals surface area contributed by atoms with Gasteiger partial charge in [-0.15, -0.1) is 0 Å². The molecule has 0 saturated heterocycles. The lowest BCUT2D eigenvalue weighted by Gasteiger charge is -2.20. The smallest absolute Gasteiger partial charge is 0.133 e. The minimum atomic E-state index is 0.619. The molecular weight excluding hydrogens is 290 g/mol. The van der Waals surface area contributed by atoms with E-state index in [0.717, 1.165) is 22.7 Å². The first-order valence-electron chi connectivity index (χ1n) is 6.76. The maximum atomic E-state index is 5.24. The van der Waals surface area contributed by atoms with Gasteiger partial charge in [-0.3, -0.25) is 0 Å². The Morgan fingerprint density at radius 3 is 2.72 bits per heavy atom. The normalized spacial score (nSPS) is 17.9. The van der Waals surface area contributed by atoms with Crippen molar-refractivity contribution in [3.8, 4) is 5.75 Å². The molecule has 0 heterocycles. The molecule has 2 rings (SSSR count). The number of ether oxygens (including phenoxy) is 1. The molecule has 2 nitrogen and oxygen atoms in total. The molecule has 1 N–H and O–H groups in total. The quantitative estimate of drug-likeness (QED) is 0.883. The van der Waals surface area contributed by atoms with Crippen LogP contribution in [0.15, 0.2) is 22.7 Å². The van der Waals surface area contributed by atoms with E-state index in [9.17, 15) is 0 Å². The molecule has 0 amide bonds. The van der Waals surface area contributed by atoms with Crippen LogP contribution in [0.4, 0.5) is 0 Å². The van der Waals surface area contributed by atoms with Crippen LogP contribution in [0.25, 0.3) is 0 Å². The molecule has 100 valence electrons. The van der Waals surface area contributed by atoms with Gasteiger partial charge in [-0.25, -0.2) is 0 Å². The van der Waals surface area contributed by atoms with Gasteiger partial charge < -0.3 is 10.1 Å². The summed E-state index contributed by atoms with van der Waals surface area (Å²) in [7, 11) is 1.69. The summed E-state index contributed by atoms with van der Waals surface area (Å²) in [5.74, 6) is 1.76. The fraction of sp³-hybridized carbons (Fsp3) is 0.600. The summed E-state index contributed by atoms with van der Waals surface area (Å²) in [6, 6.07) is 6.89. The maximum absolute atomic E-state index is 5.24. The zero-order valence-electron chi connectivity index (χ0n) is 11.2. The highest BCUT2D eigenvalue weighted by Gasteiger charge is 2.20. The molecule has 0 spiro atoms. The molecule has 1 aliphatic rings. The van der Waals surface area contributed by atoms with Crippen molar-refractivity contribution in [2.24, 2.45) is 5.92 Å². The number of methoxy groups -OCH3 is 1. The SMILES string of the molecule is COc1ccc(CNC(C)C2CCCC2)cc1Br. The van der Waals surface area contributed by atoms with Crippen LogP contribution in [0.5, 0.6) is 5.75 Å². The first-order chi connectivity index (χ1) is 8.70. The fourth-order valence-corrected chi connectivity index (χ4v) is 3.31. The van der Waals surface area contributed by atoms with Gasteiger partial charge in [0.25, 0.3) is 0 Å². The number of benzene rings is 1. The Kier molecular flexibility index (Phi) is 5.07. The van der Waals surface area contributed by atoms with Crippen LogP contribution in [0.2, 0.25) is 0 Å². The minimum Gasteiger partial charge on any atom is -0.496 e. The lowest BCUT2D eigenvalue weighted by atomic mass is 9.99. The van der Waals surface area contributed by atoms with Gasteiger partial charge >= 0.3 is 0 Å². The summed E-state index contributed by atoms with van der Waals surface area (Å²) in [4.78, 5) is 0. The van der Waals surface area contributed by atoms with E-state index in [1.165, 1.54) is 31.2 Å². The highest BCUT2D eigenvalue weighted by Crippen LogP contribution is 2.28. The van der Waals surface area contributed by atoms with Crippen molar-refractivity contribution >= 4 is 15.9 Å². The van der Waals surface area contributed by atoms with E-state index in [2.05, 4.69) is 40.3 Å². The van der Waals surface area contributed by atoms with Crippen LogP contribution in [0, 0.1) is 5.92 Å². The molecule has 1 unspecified atom stereocenters. The second-order valence-corrected chi connectivity index (χ2v) is 6.04. The van der Waals surface area contributed by atoms with Gasteiger partial charge in [-0.1, -0.05) is 18.9 Å². The predicted molar refractivity (Wildman–Crippen MR) is 79.0 cm³/mol. The van der Waals surface area contributed by atoms with E-state index < -0.39 is 0 Å². The Balaban J connectivity index is 1.87. The first-order valence-corrected chi connectivity index (χ1v) is 7.56. The summed E-state index contributed by atoms with van der Waals surface area (Å²) < 4.78 is 6.27. The van der Waals surface area contributed by atoms with Gasteiger partial charge in [0.1, 0.15) is 5.75 Å². The van der Waals surface area contributed by atoms with Gasteiger partial charge in [0.05, 0.1) is 11.6 Å². The summed E-state index contributed by atoms with van der Waals surface area (Å²) >= 11 is 3.53. The van der Waals surface area contributed by atoms with Crippen LogP contribution < -0.4 is 10.1 Å². The second kappa shape index (κ2) is 6.58. The Labute approximate surface area is 118 Å². The number of nitrogens with one attached hydrogen (secondary N) is 1. The topological polar surface area (TPSA) is 21.3 Å². The summed E-state index contributed by atoms with van der Waals surface area (Å²) in [5, 5.41) is 3.64. The number of rotatable bonds is 5. The molecule has 1 atom stereocenters. The third-order valence-corrected chi connectivity index (χ3v) is 4.57. The van der Waals surface area contributed by atoms with Crippen molar-refractivity contribution in [1.29, 1.82) is 0 Å². The van der Waals surface area contributed by atoms with Crippen molar-refractivity contribution in [2.45, 2.75) is 45.2 Å². The van der Waals surface area contributed by atoms with Crippen LogP contribution >= 0.6 is 15.9 Å². The second-order valence-electron chi connectivity index (χ2n) is 5.18. The minimum absolute atomic E-state index is 0.619. The average Bonchev–Trinajstić information content (AvgIpc) is 2.90. The van der Waals surface area contributed by atoms with Gasteiger partial charge in [0.15, 0.2) is 0 Å². The van der Waals surface area contributed by atoms with Gasteiger partial charge in [0.2, 0.25) is 0 Å². The fourth-order valence-electron chi connectivity index (χ4n) is 2.72.